The highest BCUT2D eigenvalue weighted by atomic mass is 16.6. The van der Waals surface area contributed by atoms with Crippen molar-refractivity contribution in [2.24, 2.45) is 0 Å². The predicted octanol–water partition coefficient (Wildman–Crippen LogP) is 4.54. The van der Waals surface area contributed by atoms with E-state index in [0.29, 0.717) is 185 Å². The quantitative estimate of drug-likeness (QED) is 0.0376. The minimum absolute atomic E-state index is 0.0135. The number of hydrogen-bond donors (Lipinski definition) is 3. The fourth-order valence-corrected chi connectivity index (χ4v) is 11.1. The smallest absolute Gasteiger partial charge is 0.277 e. The fraction of sp³-hybridized carbons (Fsp3) is 0.545. The van der Waals surface area contributed by atoms with Crippen molar-refractivity contribution in [2.45, 2.75) is 65.1 Å². The van der Waals surface area contributed by atoms with Crippen LogP contribution in [0.3, 0.4) is 0 Å². The lowest BCUT2D eigenvalue weighted by Gasteiger charge is -2.37. The number of pyridine rings is 1. The molecule has 0 radical (unpaired) electrons. The summed E-state index contributed by atoms with van der Waals surface area (Å²) in [5.74, 6) is 0.809. The number of hydrogen-bond acceptors (Lipinski definition) is 22. The van der Waals surface area contributed by atoms with E-state index in [9.17, 15) is 19.2 Å². The number of rotatable bonds is 33. The molecule has 4 amide bonds. The Balaban J connectivity index is 0.574. The van der Waals surface area contributed by atoms with E-state index in [-0.39, 0.29) is 53.8 Å². The number of carbonyl (C=O) groups is 4. The Bertz CT molecular complexity index is 3500. The van der Waals surface area contributed by atoms with Gasteiger partial charge < -0.3 is 78.8 Å². The second-order valence-electron chi connectivity index (χ2n) is 23.6. The molecule has 27 nitrogen and oxygen atoms in total. The molecule has 3 aliphatic heterocycles. The molecule has 0 unspecified atom stereocenters. The molecule has 3 fully saturated rings. The van der Waals surface area contributed by atoms with Crippen LogP contribution in [0, 0.1) is 13.8 Å². The Morgan fingerprint density at radius 2 is 1.41 bits per heavy atom. The molecular formula is C66H91N15O12. The Kier molecular flexibility index (Phi) is 26.1. The largest absolute Gasteiger partial charge is 0.383 e. The number of fused-ring (bicyclic) bond motifs is 2. The lowest BCUT2D eigenvalue weighted by molar-refractivity contribution is -0.128. The maximum Gasteiger partial charge on any atom is 0.277 e. The van der Waals surface area contributed by atoms with Gasteiger partial charge >= 0.3 is 0 Å². The number of carbonyl (C=O) groups excluding carboxylic acids is 4. The van der Waals surface area contributed by atoms with Gasteiger partial charge in [-0.15, -0.1) is 0 Å². The van der Waals surface area contributed by atoms with E-state index in [1.807, 2.05) is 63.4 Å². The molecule has 2 aromatic carbocycles. The number of nitrogen functional groups attached to an aromatic ring is 1. The van der Waals surface area contributed by atoms with Gasteiger partial charge in [-0.3, -0.25) is 19.2 Å². The van der Waals surface area contributed by atoms with Crippen molar-refractivity contribution in [3.05, 3.63) is 95.0 Å². The lowest BCUT2D eigenvalue weighted by Crippen LogP contribution is -2.46. The van der Waals surface area contributed by atoms with Crippen LogP contribution in [0.5, 0.6) is 0 Å². The summed E-state index contributed by atoms with van der Waals surface area (Å²) in [4.78, 5) is 86.6. The molecule has 27 heteroatoms. The average Bonchev–Trinajstić information content (AvgIpc) is 1.77. The van der Waals surface area contributed by atoms with Crippen LogP contribution in [0.1, 0.15) is 70.3 Å². The highest BCUT2D eigenvalue weighted by Gasteiger charge is 2.31. The number of aromatic nitrogens is 7. The van der Waals surface area contributed by atoms with E-state index in [0.717, 1.165) is 52.8 Å². The third-order valence-electron chi connectivity index (χ3n) is 16.7. The molecular weight excluding hydrogens is 1190 g/mol. The van der Waals surface area contributed by atoms with Gasteiger partial charge in [-0.05, 0) is 94.6 Å². The second kappa shape index (κ2) is 34.9. The van der Waals surface area contributed by atoms with Crippen molar-refractivity contribution in [2.75, 3.05) is 194 Å². The fourth-order valence-electron chi connectivity index (χ4n) is 11.1. The molecule has 3 aliphatic rings. The van der Waals surface area contributed by atoms with Gasteiger partial charge in [0.2, 0.25) is 17.8 Å². The first-order chi connectivity index (χ1) is 45.1. The van der Waals surface area contributed by atoms with Crippen molar-refractivity contribution in [3.8, 4) is 11.3 Å². The summed E-state index contributed by atoms with van der Waals surface area (Å²) in [6.45, 7) is 19.6. The Morgan fingerprint density at radius 1 is 0.742 bits per heavy atom. The van der Waals surface area contributed by atoms with Crippen LogP contribution in [-0.4, -0.2) is 258 Å². The SMILES string of the molecule is Cc1c(CC(=O)N(C)C)ccc(NC(=O)c2nn([C@@H]3CCCN(C(=O)/C=C/CN(C)CCOCCOCCOCCOCCOCCOCCNC(=O)c4cccc(-c5ccc6c(N7CCOC[C@H]7C)nc(N7CCOC[C@H]7C)nc6n5)c4)C3)c3ncnc(N)c23)c1C. The molecule has 502 valence electrons. The van der Waals surface area contributed by atoms with E-state index in [2.05, 4.69) is 49.1 Å². The summed E-state index contributed by atoms with van der Waals surface area (Å²) >= 11 is 0. The normalized spacial score (nSPS) is 17.1. The van der Waals surface area contributed by atoms with Gasteiger partial charge in [-0.1, -0.05) is 24.3 Å². The molecule has 4 N–H and O–H groups in total. The van der Waals surface area contributed by atoms with E-state index in [1.54, 1.807) is 46.8 Å². The highest BCUT2D eigenvalue weighted by molar-refractivity contribution is 6.13. The second-order valence-corrected chi connectivity index (χ2v) is 23.6. The third kappa shape index (κ3) is 19.2. The molecule has 0 spiro atoms. The van der Waals surface area contributed by atoms with Crippen LogP contribution >= 0.6 is 0 Å². The van der Waals surface area contributed by atoms with Crippen molar-refractivity contribution < 1.29 is 57.1 Å². The van der Waals surface area contributed by atoms with Crippen molar-refractivity contribution in [3.63, 3.8) is 0 Å². The molecule has 0 saturated carbocycles. The van der Waals surface area contributed by atoms with E-state index in [1.165, 1.54) is 6.33 Å². The molecule has 4 aromatic heterocycles. The average molecular weight is 1290 g/mol. The van der Waals surface area contributed by atoms with Gasteiger partial charge in [0.25, 0.3) is 11.8 Å². The number of piperidine rings is 1. The third-order valence-corrected chi connectivity index (χ3v) is 16.7. The summed E-state index contributed by atoms with van der Waals surface area (Å²) in [5, 5.41) is 11.9. The monoisotopic (exact) mass is 1290 g/mol. The number of amides is 4. The zero-order valence-corrected chi connectivity index (χ0v) is 54.8. The molecule has 3 atom stereocenters. The van der Waals surface area contributed by atoms with Crippen LogP contribution < -0.4 is 26.2 Å². The Labute approximate surface area is 543 Å². The molecule has 3 saturated heterocycles. The van der Waals surface area contributed by atoms with Crippen LogP contribution in [0.15, 0.2) is 67.0 Å². The number of nitrogens with one attached hydrogen (secondary N) is 2. The first-order valence-corrected chi connectivity index (χ1v) is 32.1. The van der Waals surface area contributed by atoms with E-state index < -0.39 is 5.91 Å². The topological polar surface area (TPSA) is 291 Å². The number of ether oxygens (including phenoxy) is 8. The molecule has 0 aliphatic carbocycles. The van der Waals surface area contributed by atoms with Crippen LogP contribution in [0.25, 0.3) is 33.3 Å². The van der Waals surface area contributed by atoms with Gasteiger partial charge in [-0.2, -0.15) is 15.1 Å². The minimum Gasteiger partial charge on any atom is -0.383 e. The summed E-state index contributed by atoms with van der Waals surface area (Å²) in [6.07, 6.45) is 6.52. The number of benzene rings is 2. The zero-order chi connectivity index (χ0) is 65.6. The molecule has 7 heterocycles. The zero-order valence-electron chi connectivity index (χ0n) is 54.8. The number of likely N-dealkylation sites (tertiary alicyclic amines) is 1. The van der Waals surface area contributed by atoms with Gasteiger partial charge in [0, 0.05) is 82.8 Å². The Morgan fingerprint density at radius 3 is 2.09 bits per heavy atom. The van der Waals surface area contributed by atoms with Crippen LogP contribution in [0.2, 0.25) is 0 Å². The number of nitrogens with two attached hydrogens (primary N) is 1. The summed E-state index contributed by atoms with van der Waals surface area (Å²) < 4.78 is 47.1. The van der Waals surface area contributed by atoms with E-state index in [4.69, 9.17) is 63.7 Å². The van der Waals surface area contributed by atoms with Gasteiger partial charge in [0.1, 0.15) is 18.0 Å². The van der Waals surface area contributed by atoms with Crippen molar-refractivity contribution in [1.29, 1.82) is 0 Å². The summed E-state index contributed by atoms with van der Waals surface area (Å²) in [5.41, 5.74) is 12.7. The molecule has 93 heavy (non-hydrogen) atoms. The standard InChI is InChI=1S/C66H91N15O12/c1-45-42-92-27-23-79(45)62-53-16-18-55(71-61(53)73-66(74-62)80-24-28-93-43-46(80)2)50-11-8-12-51(39-50)64(84)68-19-25-86-29-31-88-33-35-90-37-38-91-36-34-89-32-30-87-26-22-77(7)20-10-14-56(82)78-21-9-13-52(41-78)81-63-58(60(67)69-44-70-63)59(75-81)65(85)72-54-17-15-49(47(3)48(54)4)40-57(83)76(5)6/h8,10-12,14-18,39,44-46,52H,9,13,19-38,40-43H2,1-7H3,(H,68,84)(H,72,85)(H2,67,69,70)/b14-10+/t45-,46-,52-/m1/s1. The maximum atomic E-state index is 13.9. The lowest BCUT2D eigenvalue weighted by atomic mass is 9.98. The predicted molar refractivity (Wildman–Crippen MR) is 353 cm³/mol. The van der Waals surface area contributed by atoms with Crippen molar-refractivity contribution >= 4 is 69.0 Å². The molecule has 6 aromatic rings. The number of anilines is 4. The van der Waals surface area contributed by atoms with Gasteiger partial charge in [0.05, 0.1) is 147 Å². The van der Waals surface area contributed by atoms with Crippen molar-refractivity contribution in [1.82, 2.24) is 54.7 Å². The maximum absolute atomic E-state index is 13.9. The molecule has 9 rings (SSSR count). The number of likely N-dealkylation sites (N-methyl/N-ethyl adjacent to an activating group) is 2. The number of morpholine rings is 2. The van der Waals surface area contributed by atoms with Crippen LogP contribution in [0.4, 0.5) is 23.3 Å². The van der Waals surface area contributed by atoms with E-state index >= 15 is 0 Å². The van der Waals surface area contributed by atoms with Crippen LogP contribution in [-0.2, 0) is 53.9 Å². The first kappa shape index (κ1) is 69.5. The van der Waals surface area contributed by atoms with Gasteiger partial charge in [-0.25, -0.2) is 19.6 Å². The molecule has 0 bridgehead atoms. The summed E-state index contributed by atoms with van der Waals surface area (Å²) in [7, 11) is 5.41. The number of nitrogens with zero attached hydrogens (tertiary/aromatic N) is 12. The highest BCUT2D eigenvalue weighted by Crippen LogP contribution is 2.33. The first-order valence-electron chi connectivity index (χ1n) is 32.1. The minimum atomic E-state index is -0.468. The Hall–Kier alpha value is -7.86. The summed E-state index contributed by atoms with van der Waals surface area (Å²) in [6, 6.07) is 15.1. The van der Waals surface area contributed by atoms with Gasteiger partial charge in [0.15, 0.2) is 17.0 Å².